The number of methoxy groups -OCH3 is 1. The number of benzene rings is 1. The summed E-state index contributed by atoms with van der Waals surface area (Å²) in [6, 6.07) is 5.41. The average Bonchev–Trinajstić information content (AvgIpc) is 2.44. The molecular formula is C14H21Cl3N2O2. The molecule has 0 aromatic heterocycles. The summed E-state index contributed by atoms with van der Waals surface area (Å²) in [6.07, 6.45) is 0. The summed E-state index contributed by atoms with van der Waals surface area (Å²) in [5.41, 5.74) is 0.964. The van der Waals surface area contributed by atoms with Crippen LogP contribution in [-0.2, 0) is 16.1 Å². The number of hydrogen-bond donors (Lipinski definition) is 1. The van der Waals surface area contributed by atoms with E-state index < -0.39 is 0 Å². The number of ether oxygens (including phenoxy) is 1. The van der Waals surface area contributed by atoms with Gasteiger partial charge in [-0.1, -0.05) is 29.3 Å². The third-order valence-electron chi connectivity index (χ3n) is 2.85. The van der Waals surface area contributed by atoms with Crippen molar-refractivity contribution in [2.45, 2.75) is 13.5 Å². The van der Waals surface area contributed by atoms with Crippen molar-refractivity contribution in [1.82, 2.24) is 10.2 Å². The first-order chi connectivity index (χ1) is 9.58. The van der Waals surface area contributed by atoms with Crippen LogP contribution < -0.4 is 5.32 Å². The Labute approximate surface area is 142 Å². The number of rotatable bonds is 8. The van der Waals surface area contributed by atoms with Crippen LogP contribution in [0.25, 0.3) is 0 Å². The van der Waals surface area contributed by atoms with Gasteiger partial charge in [-0.2, -0.15) is 0 Å². The number of nitrogens with zero attached hydrogens (tertiary/aromatic N) is 1. The highest BCUT2D eigenvalue weighted by molar-refractivity contribution is 6.42. The van der Waals surface area contributed by atoms with E-state index in [1.807, 2.05) is 13.0 Å². The average molecular weight is 356 g/mol. The Hall–Kier alpha value is -0.520. The Morgan fingerprint density at radius 3 is 2.62 bits per heavy atom. The van der Waals surface area contributed by atoms with Crippen LogP contribution in [0.1, 0.15) is 12.5 Å². The maximum atomic E-state index is 12.1. The zero-order valence-corrected chi connectivity index (χ0v) is 14.5. The fourth-order valence-electron chi connectivity index (χ4n) is 1.72. The van der Waals surface area contributed by atoms with Gasteiger partial charge < -0.3 is 15.0 Å². The van der Waals surface area contributed by atoms with Crippen molar-refractivity contribution in [3.05, 3.63) is 33.8 Å². The minimum Gasteiger partial charge on any atom is -0.383 e. The molecule has 4 nitrogen and oxygen atoms in total. The van der Waals surface area contributed by atoms with Crippen LogP contribution in [-0.4, -0.2) is 44.2 Å². The molecule has 0 unspecified atom stereocenters. The summed E-state index contributed by atoms with van der Waals surface area (Å²) in [7, 11) is 1.63. The molecule has 0 spiro atoms. The van der Waals surface area contributed by atoms with Crippen LogP contribution in [0.4, 0.5) is 0 Å². The topological polar surface area (TPSA) is 41.6 Å². The first-order valence-corrected chi connectivity index (χ1v) is 7.25. The van der Waals surface area contributed by atoms with Crippen molar-refractivity contribution < 1.29 is 9.53 Å². The van der Waals surface area contributed by atoms with Gasteiger partial charge in [0, 0.05) is 26.7 Å². The minimum atomic E-state index is 0. The predicted octanol–water partition coefficient (Wildman–Crippen LogP) is 3.00. The van der Waals surface area contributed by atoms with Gasteiger partial charge in [0.1, 0.15) is 0 Å². The first kappa shape index (κ1) is 20.5. The van der Waals surface area contributed by atoms with Crippen molar-refractivity contribution in [2.24, 2.45) is 0 Å². The van der Waals surface area contributed by atoms with Crippen LogP contribution in [0, 0.1) is 0 Å². The minimum absolute atomic E-state index is 0. The molecule has 0 radical (unpaired) electrons. The summed E-state index contributed by atoms with van der Waals surface area (Å²) in [5, 5.41) is 4.07. The summed E-state index contributed by atoms with van der Waals surface area (Å²) >= 11 is 11.9. The number of carbonyl (C=O) groups excluding carboxylic acids is 1. The van der Waals surface area contributed by atoms with Crippen molar-refractivity contribution in [1.29, 1.82) is 0 Å². The largest absolute Gasteiger partial charge is 0.383 e. The summed E-state index contributed by atoms with van der Waals surface area (Å²) in [6.45, 7) is 4.67. The summed E-state index contributed by atoms with van der Waals surface area (Å²) < 4.78 is 4.92. The molecule has 1 N–H and O–H groups in total. The number of halogens is 3. The number of amides is 1. The Bertz CT molecular complexity index is 444. The molecule has 1 aromatic carbocycles. The molecule has 0 fully saturated rings. The van der Waals surface area contributed by atoms with E-state index in [2.05, 4.69) is 5.32 Å². The number of hydrogen-bond acceptors (Lipinski definition) is 3. The predicted molar refractivity (Wildman–Crippen MR) is 89.5 cm³/mol. The highest BCUT2D eigenvalue weighted by Crippen LogP contribution is 2.23. The van der Waals surface area contributed by atoms with Crippen molar-refractivity contribution >= 4 is 41.5 Å². The molecule has 0 heterocycles. The van der Waals surface area contributed by atoms with E-state index in [4.69, 9.17) is 27.9 Å². The highest BCUT2D eigenvalue weighted by Gasteiger charge is 2.12. The lowest BCUT2D eigenvalue weighted by Crippen LogP contribution is -2.38. The molecule has 0 saturated carbocycles. The van der Waals surface area contributed by atoms with Crippen LogP contribution in [0.2, 0.25) is 10.0 Å². The first-order valence-electron chi connectivity index (χ1n) is 6.49. The fraction of sp³-hybridized carbons (Fsp3) is 0.500. The maximum absolute atomic E-state index is 12.1. The molecule has 0 atom stereocenters. The monoisotopic (exact) mass is 354 g/mol. The highest BCUT2D eigenvalue weighted by atomic mass is 35.5. The molecule has 0 aliphatic heterocycles. The van der Waals surface area contributed by atoms with E-state index in [0.717, 1.165) is 5.56 Å². The van der Waals surface area contributed by atoms with E-state index in [1.54, 1.807) is 24.1 Å². The smallest absolute Gasteiger partial charge is 0.236 e. The van der Waals surface area contributed by atoms with Crippen LogP contribution >= 0.6 is 35.6 Å². The molecular weight excluding hydrogens is 335 g/mol. The number of likely N-dealkylation sites (N-methyl/N-ethyl adjacent to an activating group) is 1. The Balaban J connectivity index is 0.00000400. The molecule has 1 rings (SSSR count). The van der Waals surface area contributed by atoms with Gasteiger partial charge in [0.05, 0.1) is 23.2 Å². The van der Waals surface area contributed by atoms with Crippen LogP contribution in [0.5, 0.6) is 0 Å². The second-order valence-corrected chi connectivity index (χ2v) is 5.14. The molecule has 1 aromatic rings. The second-order valence-electron chi connectivity index (χ2n) is 4.33. The Morgan fingerprint density at radius 2 is 2.05 bits per heavy atom. The molecule has 0 bridgehead atoms. The molecule has 120 valence electrons. The van der Waals surface area contributed by atoms with Crippen LogP contribution in [0.15, 0.2) is 18.2 Å². The fourth-order valence-corrected chi connectivity index (χ4v) is 2.04. The normalized spacial score (nSPS) is 10.1. The van der Waals surface area contributed by atoms with Gasteiger partial charge in [-0.3, -0.25) is 4.79 Å². The van der Waals surface area contributed by atoms with Crippen LogP contribution in [0.3, 0.4) is 0 Å². The lowest BCUT2D eigenvalue weighted by Gasteiger charge is -2.21. The lowest BCUT2D eigenvalue weighted by molar-refractivity contribution is -0.130. The van der Waals surface area contributed by atoms with E-state index in [1.165, 1.54) is 0 Å². The lowest BCUT2D eigenvalue weighted by atomic mass is 10.2. The summed E-state index contributed by atoms with van der Waals surface area (Å²) in [5.74, 6) is 0.0506. The SMILES string of the molecule is CCN(Cc1ccc(Cl)c(Cl)c1)C(=O)CNCCOC.Cl. The van der Waals surface area contributed by atoms with E-state index in [-0.39, 0.29) is 18.3 Å². The molecule has 21 heavy (non-hydrogen) atoms. The van der Waals surface area contributed by atoms with Gasteiger partial charge in [0.2, 0.25) is 5.91 Å². The van der Waals surface area contributed by atoms with Gasteiger partial charge in [0.25, 0.3) is 0 Å². The third-order valence-corrected chi connectivity index (χ3v) is 3.59. The molecule has 0 aliphatic rings. The quantitative estimate of drug-likeness (QED) is 0.729. The van der Waals surface area contributed by atoms with Gasteiger partial charge in [-0.05, 0) is 24.6 Å². The molecule has 0 saturated heterocycles. The van der Waals surface area contributed by atoms with E-state index in [9.17, 15) is 4.79 Å². The Morgan fingerprint density at radius 1 is 1.33 bits per heavy atom. The third kappa shape index (κ3) is 7.34. The van der Waals surface area contributed by atoms with Gasteiger partial charge >= 0.3 is 0 Å². The van der Waals surface area contributed by atoms with Gasteiger partial charge in [-0.25, -0.2) is 0 Å². The summed E-state index contributed by atoms with van der Waals surface area (Å²) in [4.78, 5) is 13.8. The van der Waals surface area contributed by atoms with Gasteiger partial charge in [0.15, 0.2) is 0 Å². The maximum Gasteiger partial charge on any atom is 0.236 e. The molecule has 0 aliphatic carbocycles. The van der Waals surface area contributed by atoms with E-state index >= 15 is 0 Å². The molecule has 1 amide bonds. The van der Waals surface area contributed by atoms with Crippen molar-refractivity contribution in [3.63, 3.8) is 0 Å². The standard InChI is InChI=1S/C14H20Cl2N2O2.ClH/c1-3-18(14(19)9-17-6-7-20-2)10-11-4-5-12(15)13(16)8-11;/h4-5,8,17H,3,6-7,9-10H2,1-2H3;1H. The van der Waals surface area contributed by atoms with Crippen molar-refractivity contribution in [2.75, 3.05) is 33.4 Å². The second kappa shape index (κ2) is 11.1. The van der Waals surface area contributed by atoms with Crippen molar-refractivity contribution in [3.8, 4) is 0 Å². The van der Waals surface area contributed by atoms with Gasteiger partial charge in [-0.15, -0.1) is 12.4 Å². The Kier molecular flexibility index (Phi) is 10.8. The zero-order valence-electron chi connectivity index (χ0n) is 12.2. The zero-order chi connectivity index (χ0) is 15.0. The molecule has 7 heteroatoms. The van der Waals surface area contributed by atoms with E-state index in [0.29, 0.717) is 42.8 Å². The number of carbonyl (C=O) groups is 1. The number of nitrogens with one attached hydrogen (secondary N) is 1.